The van der Waals surface area contributed by atoms with Crippen molar-refractivity contribution < 1.29 is 9.90 Å². The van der Waals surface area contributed by atoms with Crippen LogP contribution >= 0.6 is 31.9 Å². The Labute approximate surface area is 180 Å². The highest BCUT2D eigenvalue weighted by molar-refractivity contribution is 9.13. The maximum atomic E-state index is 13.0. The van der Waals surface area contributed by atoms with Gasteiger partial charge in [0.25, 0.3) is 0 Å². The van der Waals surface area contributed by atoms with Crippen LogP contribution in [0.5, 0.6) is 0 Å². The van der Waals surface area contributed by atoms with Crippen molar-refractivity contribution in [2.75, 3.05) is 0 Å². The molecule has 2 aliphatic carbocycles. The van der Waals surface area contributed by atoms with Gasteiger partial charge in [-0.25, -0.2) is 0 Å². The van der Waals surface area contributed by atoms with E-state index in [0.717, 1.165) is 42.3 Å². The molecule has 1 unspecified atom stereocenters. The van der Waals surface area contributed by atoms with Crippen molar-refractivity contribution in [2.24, 2.45) is 5.92 Å². The first kappa shape index (κ1) is 18.0. The predicted octanol–water partition coefficient (Wildman–Crippen LogP) is 6.26. The van der Waals surface area contributed by atoms with Gasteiger partial charge in [-0.05, 0) is 66.2 Å². The topological polar surface area (TPSA) is 37.3 Å². The fourth-order valence-corrected chi connectivity index (χ4v) is 5.20. The molecule has 0 aromatic heterocycles. The van der Waals surface area contributed by atoms with E-state index >= 15 is 0 Å². The van der Waals surface area contributed by atoms with Crippen LogP contribution in [0.4, 0.5) is 0 Å². The molecule has 0 fully saturated rings. The van der Waals surface area contributed by atoms with E-state index in [1.54, 1.807) is 0 Å². The Kier molecular flexibility index (Phi) is 4.38. The normalized spacial score (nSPS) is 20.5. The molecule has 2 atom stereocenters. The smallest absolute Gasteiger partial charge is 0.193 e. The van der Waals surface area contributed by atoms with Gasteiger partial charge in [-0.3, -0.25) is 4.79 Å². The van der Waals surface area contributed by atoms with Crippen LogP contribution in [0.2, 0.25) is 0 Å². The molecule has 138 valence electrons. The van der Waals surface area contributed by atoms with Crippen LogP contribution < -0.4 is 0 Å². The number of carbonyl (C=O) groups excluding carboxylic acids is 1. The molecule has 0 saturated heterocycles. The molecule has 2 aliphatic rings. The van der Waals surface area contributed by atoms with Gasteiger partial charge in [-0.2, -0.15) is 0 Å². The van der Waals surface area contributed by atoms with E-state index in [9.17, 15) is 9.90 Å². The van der Waals surface area contributed by atoms with Gasteiger partial charge >= 0.3 is 0 Å². The maximum absolute atomic E-state index is 13.0. The molecule has 3 aromatic rings. The summed E-state index contributed by atoms with van der Waals surface area (Å²) in [4.78, 5) is 13.0. The Morgan fingerprint density at radius 1 is 0.786 bits per heavy atom. The van der Waals surface area contributed by atoms with Crippen LogP contribution in [0, 0.1) is 5.92 Å². The lowest BCUT2D eigenvalue weighted by Crippen LogP contribution is -2.28. The highest BCUT2D eigenvalue weighted by atomic mass is 79.9. The van der Waals surface area contributed by atoms with E-state index in [2.05, 4.69) is 44.0 Å². The molecule has 0 bridgehead atoms. The summed E-state index contributed by atoms with van der Waals surface area (Å²) >= 11 is 7.09. The molecule has 0 amide bonds. The van der Waals surface area contributed by atoms with Crippen molar-refractivity contribution in [1.29, 1.82) is 0 Å². The van der Waals surface area contributed by atoms with Crippen LogP contribution in [-0.2, 0) is 0 Å². The minimum atomic E-state index is -0.663. The maximum Gasteiger partial charge on any atom is 0.193 e. The molecule has 0 aliphatic heterocycles. The molecule has 4 heteroatoms. The van der Waals surface area contributed by atoms with Crippen molar-refractivity contribution in [3.8, 4) is 0 Å². The Morgan fingerprint density at radius 2 is 1.36 bits per heavy atom. The Hall–Kier alpha value is -2.01. The zero-order valence-corrected chi connectivity index (χ0v) is 17.9. The number of benzene rings is 3. The van der Waals surface area contributed by atoms with Crippen molar-refractivity contribution in [1.82, 2.24) is 0 Å². The Bertz CT molecular complexity index is 1100. The van der Waals surface area contributed by atoms with Gasteiger partial charge in [0.2, 0.25) is 0 Å². The zero-order valence-electron chi connectivity index (χ0n) is 14.8. The summed E-state index contributed by atoms with van der Waals surface area (Å²) in [5.41, 5.74) is 5.34. The molecule has 2 nitrogen and oxygen atoms in total. The highest BCUT2D eigenvalue weighted by Gasteiger charge is 2.39. The van der Waals surface area contributed by atoms with E-state index in [1.807, 2.05) is 60.7 Å². The van der Waals surface area contributed by atoms with E-state index in [4.69, 9.17) is 0 Å². The Morgan fingerprint density at radius 3 is 2.00 bits per heavy atom. The minimum Gasteiger partial charge on any atom is -0.388 e. The fourth-order valence-electron chi connectivity index (χ4n) is 4.48. The van der Waals surface area contributed by atoms with Gasteiger partial charge in [0, 0.05) is 31.9 Å². The summed E-state index contributed by atoms with van der Waals surface area (Å²) in [5, 5.41) is 11.3. The summed E-state index contributed by atoms with van der Waals surface area (Å²) in [5.74, 6) is -0.174. The fraction of sp³-hybridized carbons (Fsp3) is 0.125. The van der Waals surface area contributed by atoms with Crippen molar-refractivity contribution in [2.45, 2.75) is 12.0 Å². The first-order valence-electron chi connectivity index (χ1n) is 9.14. The van der Waals surface area contributed by atoms with Gasteiger partial charge < -0.3 is 5.11 Å². The SMILES string of the molecule is O=C1c2ccccc2C(C2C=Cc3cc(Br)c(Br)cc3[C@H]2O)c2ccccc21. The molecule has 1 N–H and O–H groups in total. The average Bonchev–Trinajstić information content (AvgIpc) is 2.71. The number of halogens is 2. The largest absolute Gasteiger partial charge is 0.388 e. The molecule has 0 radical (unpaired) electrons. The predicted molar refractivity (Wildman–Crippen MR) is 117 cm³/mol. The number of hydrogen-bond acceptors (Lipinski definition) is 2. The number of ketones is 1. The van der Waals surface area contributed by atoms with Gasteiger partial charge in [0.15, 0.2) is 5.78 Å². The first-order chi connectivity index (χ1) is 13.6. The lowest BCUT2D eigenvalue weighted by Gasteiger charge is -2.37. The third-order valence-electron chi connectivity index (χ3n) is 5.77. The van der Waals surface area contributed by atoms with Crippen LogP contribution in [0.1, 0.15) is 50.2 Å². The first-order valence-corrected chi connectivity index (χ1v) is 10.7. The number of carbonyl (C=O) groups is 1. The molecule has 0 heterocycles. The molecule has 28 heavy (non-hydrogen) atoms. The molecule has 3 aromatic carbocycles. The van der Waals surface area contributed by atoms with Crippen molar-refractivity contribution in [3.63, 3.8) is 0 Å². The monoisotopic (exact) mass is 494 g/mol. The number of hydrogen-bond donors (Lipinski definition) is 1. The van der Waals surface area contributed by atoms with Crippen LogP contribution in [-0.4, -0.2) is 10.9 Å². The molecule has 5 rings (SSSR count). The van der Waals surface area contributed by atoms with Crippen LogP contribution in [0.15, 0.2) is 75.7 Å². The number of aliphatic hydroxyl groups excluding tert-OH is 1. The molecule has 0 spiro atoms. The molecular formula is C24H16Br2O2. The molecular weight excluding hydrogens is 480 g/mol. The summed E-state index contributed by atoms with van der Waals surface area (Å²) in [6.07, 6.45) is 3.50. The van der Waals surface area contributed by atoms with Crippen LogP contribution in [0.3, 0.4) is 0 Å². The lowest BCUT2D eigenvalue weighted by atomic mass is 9.68. The lowest BCUT2D eigenvalue weighted by molar-refractivity contribution is 0.101. The second-order valence-electron chi connectivity index (χ2n) is 7.26. The summed E-state index contributed by atoms with van der Waals surface area (Å²) < 4.78 is 1.87. The quantitative estimate of drug-likeness (QED) is 0.432. The van der Waals surface area contributed by atoms with E-state index in [0.29, 0.717) is 0 Å². The summed E-state index contributed by atoms with van der Waals surface area (Å²) in [6.45, 7) is 0. The number of fused-ring (bicyclic) bond motifs is 3. The second kappa shape index (κ2) is 6.80. The van der Waals surface area contributed by atoms with Gasteiger partial charge in [0.1, 0.15) is 0 Å². The zero-order chi connectivity index (χ0) is 19.4. The minimum absolute atomic E-state index is 0.0591. The summed E-state index contributed by atoms with van der Waals surface area (Å²) in [6, 6.07) is 19.5. The second-order valence-corrected chi connectivity index (χ2v) is 8.97. The van der Waals surface area contributed by atoms with Crippen molar-refractivity contribution >= 4 is 43.7 Å². The van der Waals surface area contributed by atoms with E-state index in [1.165, 1.54) is 0 Å². The van der Waals surface area contributed by atoms with Gasteiger partial charge in [-0.1, -0.05) is 60.7 Å². The van der Waals surface area contributed by atoms with Gasteiger partial charge in [-0.15, -0.1) is 0 Å². The standard InChI is InChI=1S/C24H16Br2O2/c25-20-11-13-9-10-18(24(28)19(13)12-21(20)26)22-14-5-1-3-7-16(14)23(27)17-8-4-2-6-15(17)22/h1-12,18,22,24,28H/t18?,24-/m0/s1. The number of rotatable bonds is 1. The molecule has 0 saturated carbocycles. The van der Waals surface area contributed by atoms with Crippen LogP contribution in [0.25, 0.3) is 6.08 Å². The van der Waals surface area contributed by atoms with Crippen molar-refractivity contribution in [3.05, 3.63) is 109 Å². The van der Waals surface area contributed by atoms with E-state index < -0.39 is 6.10 Å². The third-order valence-corrected chi connectivity index (χ3v) is 7.62. The highest BCUT2D eigenvalue weighted by Crippen LogP contribution is 2.48. The third kappa shape index (κ3) is 2.66. The average molecular weight is 496 g/mol. The Balaban J connectivity index is 1.69. The van der Waals surface area contributed by atoms with Gasteiger partial charge in [0.05, 0.1) is 6.10 Å². The van der Waals surface area contributed by atoms with E-state index in [-0.39, 0.29) is 17.6 Å². The number of aliphatic hydroxyl groups is 1. The summed E-state index contributed by atoms with van der Waals surface area (Å²) in [7, 11) is 0.